The van der Waals surface area contributed by atoms with Crippen LogP contribution in [0.25, 0.3) is 11.3 Å². The lowest BCUT2D eigenvalue weighted by atomic mass is 9.94. The fraction of sp³-hybridized carbons (Fsp3) is 0.250. The Kier molecular flexibility index (Phi) is 6.23. The largest absolute Gasteiger partial charge is 0.421 e. The van der Waals surface area contributed by atoms with Gasteiger partial charge < -0.3 is 15.2 Å². The molecule has 0 bridgehead atoms. The molecule has 164 valence electrons. The highest BCUT2D eigenvalue weighted by molar-refractivity contribution is 6.30. The molecular formula is C24H24FN5O2. The molecule has 0 spiro atoms. The molecule has 0 amide bonds. The van der Waals surface area contributed by atoms with E-state index in [0.717, 1.165) is 22.5 Å². The number of aliphatic imine (C=N–C) groups is 1. The Labute approximate surface area is 185 Å². The summed E-state index contributed by atoms with van der Waals surface area (Å²) in [7, 11) is 0. The number of nitrogens with zero attached hydrogens (tertiary/aromatic N) is 4. The van der Waals surface area contributed by atoms with Crippen molar-refractivity contribution in [1.29, 1.82) is 0 Å². The van der Waals surface area contributed by atoms with Gasteiger partial charge in [0.25, 0.3) is 0 Å². The molecular weight excluding hydrogens is 409 g/mol. The average molecular weight is 433 g/mol. The van der Waals surface area contributed by atoms with Crippen LogP contribution < -0.4 is 10.5 Å². The molecule has 1 aromatic carbocycles. The van der Waals surface area contributed by atoms with Crippen molar-refractivity contribution < 1.29 is 13.9 Å². The van der Waals surface area contributed by atoms with Gasteiger partial charge in [-0.25, -0.2) is 14.4 Å². The van der Waals surface area contributed by atoms with Gasteiger partial charge in [0, 0.05) is 34.9 Å². The van der Waals surface area contributed by atoms with Gasteiger partial charge in [-0.1, -0.05) is 6.07 Å². The van der Waals surface area contributed by atoms with Gasteiger partial charge in [0.2, 0.25) is 0 Å². The second kappa shape index (κ2) is 9.23. The molecule has 0 saturated heterocycles. The molecule has 1 aliphatic heterocycles. The number of hydrogen-bond donors (Lipinski definition) is 1. The molecule has 0 atom stereocenters. The minimum atomic E-state index is -0.561. The summed E-state index contributed by atoms with van der Waals surface area (Å²) in [5, 5.41) is 0. The van der Waals surface area contributed by atoms with E-state index < -0.39 is 5.82 Å². The highest BCUT2D eigenvalue weighted by Gasteiger charge is 2.21. The Balaban J connectivity index is 1.78. The minimum absolute atomic E-state index is 0.0206. The fourth-order valence-electron chi connectivity index (χ4n) is 3.51. The van der Waals surface area contributed by atoms with Crippen LogP contribution in [0.5, 0.6) is 11.8 Å². The fourth-order valence-corrected chi connectivity index (χ4v) is 3.51. The third kappa shape index (κ3) is 4.65. The number of ether oxygens (including phenoxy) is 2. The quantitative estimate of drug-likeness (QED) is 0.653. The van der Waals surface area contributed by atoms with E-state index in [2.05, 4.69) is 19.9 Å². The second-order valence-corrected chi connectivity index (χ2v) is 7.54. The molecule has 8 heteroatoms. The van der Waals surface area contributed by atoms with Gasteiger partial charge in [0.1, 0.15) is 0 Å². The third-order valence-corrected chi connectivity index (χ3v) is 5.07. The molecule has 0 saturated carbocycles. The molecule has 7 nitrogen and oxygen atoms in total. The lowest BCUT2D eigenvalue weighted by Gasteiger charge is -2.20. The Bertz CT molecular complexity index is 1220. The van der Waals surface area contributed by atoms with Crippen LogP contribution in [0.4, 0.5) is 4.39 Å². The molecule has 2 N–H and O–H groups in total. The standard InChI is InChI=1S/C24H24FN5O2/c1-14-10-16(3)29-12-18(14)23(26)22(20-13-31-9-8-27-20)17-4-5-21(19(25)11-17)32-24-28-7-6-15(2)30-24/h4-7,10-12H,8-9,13,26H2,1-3H3. The normalized spacial score (nSPS) is 14.6. The Hall–Kier alpha value is -3.65. The van der Waals surface area contributed by atoms with Crippen LogP contribution in [-0.2, 0) is 4.74 Å². The molecule has 0 unspecified atom stereocenters. The number of nitrogens with two attached hydrogens (primary N) is 1. The summed E-state index contributed by atoms with van der Waals surface area (Å²) in [5.74, 6) is -0.540. The molecule has 1 aliphatic rings. The molecule has 4 rings (SSSR count). The number of halogens is 1. The topological polar surface area (TPSA) is 95.5 Å². The Morgan fingerprint density at radius 3 is 2.62 bits per heavy atom. The maximum atomic E-state index is 15.0. The second-order valence-electron chi connectivity index (χ2n) is 7.54. The molecule has 0 fully saturated rings. The average Bonchev–Trinajstić information content (AvgIpc) is 2.76. The van der Waals surface area contributed by atoms with Crippen LogP contribution in [0.2, 0.25) is 0 Å². The SMILES string of the molecule is Cc1cc(C)c(C(N)=C(C2=NCCOC2)c2ccc(Oc3nccc(C)n3)c(F)c2)cn1. The number of benzene rings is 1. The smallest absolute Gasteiger partial charge is 0.322 e. The first-order chi connectivity index (χ1) is 15.4. The van der Waals surface area contributed by atoms with Gasteiger partial charge in [-0.3, -0.25) is 9.98 Å². The maximum absolute atomic E-state index is 15.0. The van der Waals surface area contributed by atoms with E-state index in [4.69, 9.17) is 15.2 Å². The van der Waals surface area contributed by atoms with Crippen molar-refractivity contribution in [3.05, 3.63) is 76.6 Å². The van der Waals surface area contributed by atoms with Gasteiger partial charge in [-0.15, -0.1) is 0 Å². The van der Waals surface area contributed by atoms with E-state index in [1.54, 1.807) is 24.5 Å². The van der Waals surface area contributed by atoms with E-state index in [9.17, 15) is 0 Å². The molecule has 3 heterocycles. The van der Waals surface area contributed by atoms with E-state index in [0.29, 0.717) is 42.3 Å². The lowest BCUT2D eigenvalue weighted by molar-refractivity contribution is 0.172. The van der Waals surface area contributed by atoms with E-state index in [1.165, 1.54) is 12.1 Å². The predicted octanol–water partition coefficient (Wildman–Crippen LogP) is 4.03. The first-order valence-corrected chi connectivity index (χ1v) is 10.2. The highest BCUT2D eigenvalue weighted by Crippen LogP contribution is 2.31. The molecule has 0 radical (unpaired) electrons. The molecule has 0 aliphatic carbocycles. The van der Waals surface area contributed by atoms with Crippen LogP contribution in [0, 0.1) is 26.6 Å². The summed E-state index contributed by atoms with van der Waals surface area (Å²) in [5.41, 5.74) is 12.3. The summed E-state index contributed by atoms with van der Waals surface area (Å²) in [6.07, 6.45) is 3.29. The zero-order chi connectivity index (χ0) is 22.7. The summed E-state index contributed by atoms with van der Waals surface area (Å²) in [6, 6.07) is 8.43. The van der Waals surface area contributed by atoms with Crippen LogP contribution in [-0.4, -0.2) is 40.4 Å². The maximum Gasteiger partial charge on any atom is 0.322 e. The lowest BCUT2D eigenvalue weighted by Crippen LogP contribution is -2.22. The number of pyridine rings is 1. The minimum Gasteiger partial charge on any atom is -0.421 e. The van der Waals surface area contributed by atoms with Crippen molar-refractivity contribution in [2.24, 2.45) is 10.7 Å². The van der Waals surface area contributed by atoms with Crippen LogP contribution in [0.3, 0.4) is 0 Å². The van der Waals surface area contributed by atoms with Crippen LogP contribution >= 0.6 is 0 Å². The Morgan fingerprint density at radius 2 is 1.94 bits per heavy atom. The van der Waals surface area contributed by atoms with Gasteiger partial charge in [0.15, 0.2) is 11.6 Å². The monoisotopic (exact) mass is 433 g/mol. The number of aryl methyl sites for hydroxylation is 3. The first-order valence-electron chi connectivity index (χ1n) is 10.2. The van der Waals surface area contributed by atoms with E-state index in [-0.39, 0.29) is 11.8 Å². The third-order valence-electron chi connectivity index (χ3n) is 5.07. The first kappa shape index (κ1) is 21.6. The summed E-state index contributed by atoms with van der Waals surface area (Å²) in [4.78, 5) is 17.1. The summed E-state index contributed by atoms with van der Waals surface area (Å²) >= 11 is 0. The molecule has 32 heavy (non-hydrogen) atoms. The van der Waals surface area contributed by atoms with Crippen molar-refractivity contribution in [2.45, 2.75) is 20.8 Å². The molecule has 2 aromatic heterocycles. The number of rotatable bonds is 5. The zero-order valence-electron chi connectivity index (χ0n) is 18.2. The van der Waals surface area contributed by atoms with Crippen molar-refractivity contribution in [1.82, 2.24) is 15.0 Å². The van der Waals surface area contributed by atoms with Gasteiger partial charge in [-0.2, -0.15) is 0 Å². The predicted molar refractivity (Wildman–Crippen MR) is 121 cm³/mol. The Morgan fingerprint density at radius 1 is 1.09 bits per heavy atom. The van der Waals surface area contributed by atoms with E-state index >= 15 is 4.39 Å². The summed E-state index contributed by atoms with van der Waals surface area (Å²) < 4.78 is 26.2. The molecule has 3 aromatic rings. The zero-order valence-corrected chi connectivity index (χ0v) is 18.2. The van der Waals surface area contributed by atoms with Crippen LogP contribution in [0.15, 0.2) is 47.7 Å². The van der Waals surface area contributed by atoms with Gasteiger partial charge >= 0.3 is 6.01 Å². The van der Waals surface area contributed by atoms with Crippen molar-refractivity contribution in [3.8, 4) is 11.8 Å². The van der Waals surface area contributed by atoms with Crippen molar-refractivity contribution in [3.63, 3.8) is 0 Å². The van der Waals surface area contributed by atoms with Crippen molar-refractivity contribution >= 4 is 17.0 Å². The van der Waals surface area contributed by atoms with E-state index in [1.807, 2.05) is 26.8 Å². The number of hydrogen-bond acceptors (Lipinski definition) is 7. The van der Waals surface area contributed by atoms with Crippen molar-refractivity contribution in [2.75, 3.05) is 19.8 Å². The number of aromatic nitrogens is 3. The highest BCUT2D eigenvalue weighted by atomic mass is 19.1. The van der Waals surface area contributed by atoms with Crippen LogP contribution in [0.1, 0.15) is 28.1 Å². The van der Waals surface area contributed by atoms with Gasteiger partial charge in [-0.05, 0) is 56.2 Å². The summed E-state index contributed by atoms with van der Waals surface area (Å²) in [6.45, 7) is 7.05. The van der Waals surface area contributed by atoms with Gasteiger partial charge in [0.05, 0.1) is 31.2 Å².